The van der Waals surface area contributed by atoms with E-state index < -0.39 is 5.97 Å². The summed E-state index contributed by atoms with van der Waals surface area (Å²) in [5.74, 6) is -0.132. The molecule has 0 fully saturated rings. The number of rotatable bonds is 4. The van der Waals surface area contributed by atoms with E-state index in [0.717, 1.165) is 17.0 Å². The van der Waals surface area contributed by atoms with Gasteiger partial charge in [0, 0.05) is 6.20 Å². The van der Waals surface area contributed by atoms with Crippen molar-refractivity contribution in [3.8, 4) is 5.75 Å². The Balaban J connectivity index is 1.85. The Kier molecular flexibility index (Phi) is 3.31. The van der Waals surface area contributed by atoms with Gasteiger partial charge in [-0.3, -0.25) is 0 Å². The summed E-state index contributed by atoms with van der Waals surface area (Å²) in [4.78, 5) is 15.2. The van der Waals surface area contributed by atoms with Gasteiger partial charge in [0.15, 0.2) is 0 Å². The molecule has 3 rings (SSSR count). The molecule has 5 heteroatoms. The topological polar surface area (TPSA) is 63.8 Å². The molecule has 0 aliphatic carbocycles. The number of aromatic nitrogens is 2. The van der Waals surface area contributed by atoms with E-state index in [-0.39, 0.29) is 5.56 Å². The fourth-order valence-corrected chi connectivity index (χ4v) is 2.14. The van der Waals surface area contributed by atoms with Crippen LogP contribution in [0.5, 0.6) is 5.75 Å². The van der Waals surface area contributed by atoms with Gasteiger partial charge in [-0.25, -0.2) is 9.78 Å². The molecule has 1 N–H and O–H groups in total. The van der Waals surface area contributed by atoms with Crippen LogP contribution in [-0.4, -0.2) is 20.5 Å². The van der Waals surface area contributed by atoms with Crippen LogP contribution in [-0.2, 0) is 6.61 Å². The third-order valence-electron chi connectivity index (χ3n) is 3.31. The maximum absolute atomic E-state index is 10.9. The molecule has 0 saturated heterocycles. The minimum absolute atomic E-state index is 0.222. The van der Waals surface area contributed by atoms with Gasteiger partial charge in [-0.15, -0.1) is 0 Å². The molecule has 3 aromatic rings. The van der Waals surface area contributed by atoms with Gasteiger partial charge in [-0.2, -0.15) is 0 Å². The zero-order valence-corrected chi connectivity index (χ0v) is 11.5. The number of hydrogen-bond donors (Lipinski definition) is 1. The summed E-state index contributed by atoms with van der Waals surface area (Å²) >= 11 is 0. The van der Waals surface area contributed by atoms with E-state index in [9.17, 15) is 4.79 Å². The highest BCUT2D eigenvalue weighted by atomic mass is 16.5. The Bertz CT molecular complexity index is 808. The number of ether oxygens (including phenoxy) is 1. The number of benzene rings is 1. The third kappa shape index (κ3) is 2.58. The summed E-state index contributed by atoms with van der Waals surface area (Å²) in [6, 6.07) is 10.9. The van der Waals surface area contributed by atoms with Crippen LogP contribution < -0.4 is 4.74 Å². The van der Waals surface area contributed by atoms with Crippen molar-refractivity contribution in [3.63, 3.8) is 0 Å². The minimum Gasteiger partial charge on any atom is -0.487 e. The van der Waals surface area contributed by atoms with Gasteiger partial charge in [0.25, 0.3) is 0 Å². The van der Waals surface area contributed by atoms with Crippen LogP contribution in [0.2, 0.25) is 0 Å². The molecule has 106 valence electrons. The van der Waals surface area contributed by atoms with Gasteiger partial charge in [0.1, 0.15) is 18.0 Å². The quantitative estimate of drug-likeness (QED) is 0.799. The average molecular weight is 282 g/mol. The van der Waals surface area contributed by atoms with E-state index >= 15 is 0 Å². The number of carbonyl (C=O) groups is 1. The largest absolute Gasteiger partial charge is 0.487 e. The fraction of sp³-hybridized carbons (Fsp3) is 0.125. The first-order valence-corrected chi connectivity index (χ1v) is 6.53. The molecule has 0 aliphatic heterocycles. The number of para-hydroxylation sites is 1. The lowest BCUT2D eigenvalue weighted by Crippen LogP contribution is -2.02. The average Bonchev–Trinajstić information content (AvgIpc) is 2.88. The number of carboxylic acid groups (broad SMARTS) is 1. The Hall–Kier alpha value is -2.82. The van der Waals surface area contributed by atoms with Crippen molar-refractivity contribution in [1.29, 1.82) is 0 Å². The van der Waals surface area contributed by atoms with E-state index in [4.69, 9.17) is 9.84 Å². The zero-order valence-electron chi connectivity index (χ0n) is 11.5. The maximum Gasteiger partial charge on any atom is 0.335 e. The number of hydrogen-bond acceptors (Lipinski definition) is 3. The molecular formula is C16H14N2O3. The van der Waals surface area contributed by atoms with Crippen LogP contribution in [0, 0.1) is 6.92 Å². The minimum atomic E-state index is -0.960. The number of fused-ring (bicyclic) bond motifs is 1. The van der Waals surface area contributed by atoms with E-state index in [1.165, 1.54) is 0 Å². The number of aromatic carboxylic acids is 1. The van der Waals surface area contributed by atoms with Gasteiger partial charge in [-0.05, 0) is 30.7 Å². The molecule has 1 aromatic carbocycles. The van der Waals surface area contributed by atoms with Crippen LogP contribution >= 0.6 is 0 Å². The van der Waals surface area contributed by atoms with Crippen LogP contribution in [0.4, 0.5) is 0 Å². The van der Waals surface area contributed by atoms with Gasteiger partial charge >= 0.3 is 5.97 Å². The number of carboxylic acids is 1. The molecule has 21 heavy (non-hydrogen) atoms. The Morgan fingerprint density at radius 3 is 2.90 bits per heavy atom. The van der Waals surface area contributed by atoms with Crippen molar-refractivity contribution in [1.82, 2.24) is 9.38 Å². The number of aryl methyl sites for hydroxylation is 1. The second-order valence-corrected chi connectivity index (χ2v) is 4.75. The van der Waals surface area contributed by atoms with Gasteiger partial charge in [-0.1, -0.05) is 18.2 Å². The first kappa shape index (κ1) is 13.2. The second-order valence-electron chi connectivity index (χ2n) is 4.75. The van der Waals surface area contributed by atoms with E-state index in [0.29, 0.717) is 12.3 Å². The standard InChI is InChI=1S/C16H14N2O3/c1-11-4-2-3-5-14(11)21-10-13-9-17-15-8-12(16(19)20)6-7-18(13)15/h2-9H,10H2,1H3,(H,19,20). The molecule has 0 atom stereocenters. The highest BCUT2D eigenvalue weighted by Gasteiger charge is 2.08. The van der Waals surface area contributed by atoms with Crippen molar-refractivity contribution in [2.75, 3.05) is 0 Å². The van der Waals surface area contributed by atoms with E-state index in [1.54, 1.807) is 24.5 Å². The van der Waals surface area contributed by atoms with Crippen molar-refractivity contribution in [3.05, 3.63) is 65.6 Å². The summed E-state index contributed by atoms with van der Waals surface area (Å²) in [5.41, 5.74) is 2.75. The predicted octanol–water partition coefficient (Wildman–Crippen LogP) is 2.92. The lowest BCUT2D eigenvalue weighted by atomic mass is 10.2. The molecular weight excluding hydrogens is 268 g/mol. The van der Waals surface area contributed by atoms with Crippen molar-refractivity contribution >= 4 is 11.6 Å². The van der Waals surface area contributed by atoms with Crippen LogP contribution in [0.25, 0.3) is 5.65 Å². The number of nitrogens with zero attached hydrogens (tertiary/aromatic N) is 2. The zero-order chi connectivity index (χ0) is 14.8. The second kappa shape index (κ2) is 5.28. The smallest absolute Gasteiger partial charge is 0.335 e. The van der Waals surface area contributed by atoms with Gasteiger partial charge in [0.05, 0.1) is 17.5 Å². The molecule has 0 bridgehead atoms. The molecule has 0 radical (unpaired) electrons. The lowest BCUT2D eigenvalue weighted by molar-refractivity contribution is 0.0697. The number of imidazole rings is 1. The molecule has 0 unspecified atom stereocenters. The molecule has 2 heterocycles. The third-order valence-corrected chi connectivity index (χ3v) is 3.31. The van der Waals surface area contributed by atoms with E-state index in [1.807, 2.05) is 35.6 Å². The molecule has 0 spiro atoms. The predicted molar refractivity (Wildman–Crippen MR) is 77.7 cm³/mol. The highest BCUT2D eigenvalue weighted by molar-refractivity contribution is 5.88. The summed E-state index contributed by atoms with van der Waals surface area (Å²) < 4.78 is 7.61. The molecule has 5 nitrogen and oxygen atoms in total. The Labute approximate surface area is 121 Å². The first-order valence-electron chi connectivity index (χ1n) is 6.53. The summed E-state index contributed by atoms with van der Waals surface area (Å²) in [6.07, 6.45) is 3.39. The van der Waals surface area contributed by atoms with Crippen molar-refractivity contribution < 1.29 is 14.6 Å². The van der Waals surface area contributed by atoms with Crippen LogP contribution in [0.3, 0.4) is 0 Å². The summed E-state index contributed by atoms with van der Waals surface area (Å²) in [6.45, 7) is 2.36. The molecule has 2 aromatic heterocycles. The summed E-state index contributed by atoms with van der Waals surface area (Å²) in [5, 5.41) is 8.97. The van der Waals surface area contributed by atoms with Crippen LogP contribution in [0.15, 0.2) is 48.8 Å². The molecule has 0 amide bonds. The molecule has 0 aliphatic rings. The monoisotopic (exact) mass is 282 g/mol. The maximum atomic E-state index is 10.9. The Morgan fingerprint density at radius 1 is 1.33 bits per heavy atom. The first-order chi connectivity index (χ1) is 10.1. The summed E-state index contributed by atoms with van der Waals surface area (Å²) in [7, 11) is 0. The van der Waals surface area contributed by atoms with Gasteiger partial charge in [0.2, 0.25) is 0 Å². The van der Waals surface area contributed by atoms with E-state index in [2.05, 4.69) is 4.98 Å². The van der Waals surface area contributed by atoms with Crippen molar-refractivity contribution in [2.24, 2.45) is 0 Å². The fourth-order valence-electron chi connectivity index (χ4n) is 2.14. The highest BCUT2D eigenvalue weighted by Crippen LogP contribution is 2.18. The Morgan fingerprint density at radius 2 is 2.14 bits per heavy atom. The normalized spacial score (nSPS) is 10.7. The number of pyridine rings is 1. The van der Waals surface area contributed by atoms with Crippen molar-refractivity contribution in [2.45, 2.75) is 13.5 Å². The lowest BCUT2D eigenvalue weighted by Gasteiger charge is -2.08. The van der Waals surface area contributed by atoms with Crippen LogP contribution in [0.1, 0.15) is 21.6 Å². The van der Waals surface area contributed by atoms with Gasteiger partial charge < -0.3 is 14.2 Å². The SMILES string of the molecule is Cc1ccccc1OCc1cnc2cc(C(=O)O)ccn12. The molecule has 0 saturated carbocycles.